The first-order valence-corrected chi connectivity index (χ1v) is 5.38. The first-order chi connectivity index (χ1) is 8.09. The summed E-state index contributed by atoms with van der Waals surface area (Å²) in [5, 5.41) is 2.67. The van der Waals surface area contributed by atoms with Crippen LogP contribution >= 0.6 is 0 Å². The monoisotopic (exact) mass is 239 g/mol. The molecule has 2 nitrogen and oxygen atoms in total. The van der Waals surface area contributed by atoms with Crippen molar-refractivity contribution in [3.63, 3.8) is 0 Å². The summed E-state index contributed by atoms with van der Waals surface area (Å²) in [6, 6.07) is 6.13. The highest BCUT2D eigenvalue weighted by Gasteiger charge is 2.04. The Morgan fingerprint density at radius 3 is 2.53 bits per heavy atom. The topological polar surface area (TPSA) is 29.1 Å². The van der Waals surface area contributed by atoms with E-state index in [2.05, 4.69) is 5.32 Å². The van der Waals surface area contributed by atoms with E-state index < -0.39 is 6.43 Å². The van der Waals surface area contributed by atoms with E-state index in [0.717, 1.165) is 12.0 Å². The predicted molar refractivity (Wildman–Crippen MR) is 63.7 cm³/mol. The van der Waals surface area contributed by atoms with Crippen LogP contribution in [0.15, 0.2) is 30.3 Å². The standard InChI is InChI=1S/C13H15F2NO/c1-10(17)16-9-3-2-4-11-5-7-12(8-6-11)13(14)15/h2,4-8,13H,3,9H2,1H3,(H,16,17). The molecule has 0 radical (unpaired) electrons. The van der Waals surface area contributed by atoms with Gasteiger partial charge in [0, 0.05) is 19.0 Å². The van der Waals surface area contributed by atoms with Crippen LogP contribution in [-0.2, 0) is 4.79 Å². The maximum atomic E-state index is 12.3. The molecule has 0 spiro atoms. The maximum Gasteiger partial charge on any atom is 0.263 e. The van der Waals surface area contributed by atoms with E-state index >= 15 is 0 Å². The van der Waals surface area contributed by atoms with Crippen molar-refractivity contribution >= 4 is 12.0 Å². The molecule has 0 aliphatic rings. The zero-order valence-corrected chi connectivity index (χ0v) is 9.62. The Balaban J connectivity index is 2.41. The lowest BCUT2D eigenvalue weighted by atomic mass is 10.1. The Hall–Kier alpha value is -1.71. The summed E-state index contributed by atoms with van der Waals surface area (Å²) in [4.78, 5) is 10.6. The molecule has 0 aromatic heterocycles. The largest absolute Gasteiger partial charge is 0.356 e. The Bertz CT molecular complexity index is 385. The van der Waals surface area contributed by atoms with E-state index in [9.17, 15) is 13.6 Å². The number of carbonyl (C=O) groups excluding carboxylic acids is 1. The highest BCUT2D eigenvalue weighted by molar-refractivity contribution is 5.72. The van der Waals surface area contributed by atoms with Crippen molar-refractivity contribution in [2.24, 2.45) is 0 Å². The molecule has 1 amide bonds. The Labute approximate surface area is 99.3 Å². The third kappa shape index (κ3) is 5.24. The third-order valence-corrected chi connectivity index (χ3v) is 2.18. The molecule has 17 heavy (non-hydrogen) atoms. The number of amides is 1. The van der Waals surface area contributed by atoms with Crippen molar-refractivity contribution in [1.29, 1.82) is 0 Å². The number of benzene rings is 1. The number of rotatable bonds is 5. The van der Waals surface area contributed by atoms with Gasteiger partial charge < -0.3 is 5.32 Å². The zero-order valence-electron chi connectivity index (χ0n) is 9.62. The number of hydrogen-bond acceptors (Lipinski definition) is 1. The molecule has 0 atom stereocenters. The SMILES string of the molecule is CC(=O)NCCC=Cc1ccc(C(F)F)cc1. The zero-order chi connectivity index (χ0) is 12.7. The van der Waals surface area contributed by atoms with Crippen LogP contribution in [0.2, 0.25) is 0 Å². The van der Waals surface area contributed by atoms with Gasteiger partial charge in [-0.2, -0.15) is 0 Å². The first-order valence-electron chi connectivity index (χ1n) is 5.38. The molecule has 0 fully saturated rings. The minimum atomic E-state index is -2.42. The second kappa shape index (κ2) is 6.78. The van der Waals surface area contributed by atoms with E-state index in [1.54, 1.807) is 12.1 Å². The van der Waals surface area contributed by atoms with Gasteiger partial charge in [0.05, 0.1) is 0 Å². The molecular weight excluding hydrogens is 224 g/mol. The van der Waals surface area contributed by atoms with Crippen LogP contribution in [0.5, 0.6) is 0 Å². The van der Waals surface area contributed by atoms with Gasteiger partial charge in [-0.15, -0.1) is 0 Å². The second-order valence-electron chi connectivity index (χ2n) is 3.64. The Kier molecular flexibility index (Phi) is 5.33. The summed E-state index contributed by atoms with van der Waals surface area (Å²) in [7, 11) is 0. The molecule has 0 heterocycles. The van der Waals surface area contributed by atoms with Crippen molar-refractivity contribution in [2.45, 2.75) is 19.8 Å². The van der Waals surface area contributed by atoms with E-state index in [0.29, 0.717) is 6.54 Å². The lowest BCUT2D eigenvalue weighted by molar-refractivity contribution is -0.118. The predicted octanol–water partition coefficient (Wildman–Crippen LogP) is 3.16. The first kappa shape index (κ1) is 13.4. The van der Waals surface area contributed by atoms with Gasteiger partial charge in [-0.1, -0.05) is 36.4 Å². The van der Waals surface area contributed by atoms with Crippen LogP contribution in [0.1, 0.15) is 30.9 Å². The van der Waals surface area contributed by atoms with Crippen molar-refractivity contribution in [1.82, 2.24) is 5.32 Å². The summed E-state index contributed by atoms with van der Waals surface area (Å²) in [5.74, 6) is -0.0558. The minimum Gasteiger partial charge on any atom is -0.356 e. The molecule has 0 aliphatic heterocycles. The molecule has 0 saturated carbocycles. The highest BCUT2D eigenvalue weighted by Crippen LogP contribution is 2.19. The van der Waals surface area contributed by atoms with Gasteiger partial charge in [0.25, 0.3) is 6.43 Å². The van der Waals surface area contributed by atoms with Gasteiger partial charge in [-0.3, -0.25) is 4.79 Å². The highest BCUT2D eigenvalue weighted by atomic mass is 19.3. The minimum absolute atomic E-state index is 0.0281. The fraction of sp³-hybridized carbons (Fsp3) is 0.308. The third-order valence-electron chi connectivity index (χ3n) is 2.18. The van der Waals surface area contributed by atoms with Crippen molar-refractivity contribution in [3.8, 4) is 0 Å². The average Bonchev–Trinajstić information content (AvgIpc) is 2.29. The molecular formula is C13H15F2NO. The number of carbonyl (C=O) groups is 1. The van der Waals surface area contributed by atoms with Gasteiger partial charge >= 0.3 is 0 Å². The number of halogens is 2. The van der Waals surface area contributed by atoms with E-state index in [1.165, 1.54) is 19.1 Å². The summed E-state index contributed by atoms with van der Waals surface area (Å²) in [6.45, 7) is 2.05. The molecule has 1 aromatic carbocycles. The summed E-state index contributed by atoms with van der Waals surface area (Å²) < 4.78 is 24.5. The van der Waals surface area contributed by atoms with Gasteiger partial charge in [0.15, 0.2) is 0 Å². The molecule has 1 rings (SSSR count). The fourth-order valence-corrected chi connectivity index (χ4v) is 1.30. The number of alkyl halides is 2. The van der Waals surface area contributed by atoms with Crippen LogP contribution in [0.4, 0.5) is 8.78 Å². The van der Waals surface area contributed by atoms with E-state index in [-0.39, 0.29) is 11.5 Å². The van der Waals surface area contributed by atoms with Crippen LogP contribution in [0.25, 0.3) is 6.08 Å². The molecule has 0 saturated heterocycles. The van der Waals surface area contributed by atoms with Gasteiger partial charge in [-0.05, 0) is 12.0 Å². The van der Waals surface area contributed by atoms with Gasteiger partial charge in [0.1, 0.15) is 0 Å². The number of nitrogens with one attached hydrogen (secondary N) is 1. The normalized spacial score (nSPS) is 11.1. The maximum absolute atomic E-state index is 12.3. The molecule has 0 aliphatic carbocycles. The van der Waals surface area contributed by atoms with Crippen molar-refractivity contribution in [3.05, 3.63) is 41.5 Å². The summed E-state index contributed by atoms with van der Waals surface area (Å²) in [6.07, 6.45) is 2.04. The van der Waals surface area contributed by atoms with Crippen LogP contribution < -0.4 is 5.32 Å². The van der Waals surface area contributed by atoms with Crippen LogP contribution in [0.3, 0.4) is 0 Å². The lowest BCUT2D eigenvalue weighted by Crippen LogP contribution is -2.20. The van der Waals surface area contributed by atoms with Crippen LogP contribution in [-0.4, -0.2) is 12.5 Å². The summed E-state index contributed by atoms with van der Waals surface area (Å²) >= 11 is 0. The summed E-state index contributed by atoms with van der Waals surface area (Å²) in [5.41, 5.74) is 0.901. The fourth-order valence-electron chi connectivity index (χ4n) is 1.30. The van der Waals surface area contributed by atoms with Crippen molar-refractivity contribution in [2.75, 3.05) is 6.54 Å². The molecule has 4 heteroatoms. The van der Waals surface area contributed by atoms with Crippen molar-refractivity contribution < 1.29 is 13.6 Å². The average molecular weight is 239 g/mol. The molecule has 1 aromatic rings. The lowest BCUT2D eigenvalue weighted by Gasteiger charge is -2.00. The molecule has 1 N–H and O–H groups in total. The second-order valence-corrected chi connectivity index (χ2v) is 3.64. The van der Waals surface area contributed by atoms with Crippen LogP contribution in [0, 0.1) is 0 Å². The quantitative estimate of drug-likeness (QED) is 0.786. The smallest absolute Gasteiger partial charge is 0.263 e. The van der Waals surface area contributed by atoms with Gasteiger partial charge in [-0.25, -0.2) is 8.78 Å². The van der Waals surface area contributed by atoms with E-state index in [4.69, 9.17) is 0 Å². The Morgan fingerprint density at radius 1 is 1.35 bits per heavy atom. The molecule has 0 unspecified atom stereocenters. The molecule has 0 bridgehead atoms. The van der Waals surface area contributed by atoms with E-state index in [1.807, 2.05) is 12.2 Å². The Morgan fingerprint density at radius 2 is 2.00 bits per heavy atom. The number of hydrogen-bond donors (Lipinski definition) is 1. The van der Waals surface area contributed by atoms with Gasteiger partial charge in [0.2, 0.25) is 5.91 Å². The molecule has 92 valence electrons.